The first-order valence-electron chi connectivity index (χ1n) is 9.75. The molecule has 2 saturated carbocycles. The van der Waals surface area contributed by atoms with Crippen molar-refractivity contribution in [3.63, 3.8) is 0 Å². The van der Waals surface area contributed by atoms with Gasteiger partial charge in [-0.3, -0.25) is 0 Å². The zero-order valence-corrected chi connectivity index (χ0v) is 16.6. The number of fused-ring (bicyclic) bond motifs is 5. The van der Waals surface area contributed by atoms with Crippen LogP contribution in [0.1, 0.15) is 71.6 Å². The van der Waals surface area contributed by atoms with E-state index in [0.29, 0.717) is 11.3 Å². The second kappa shape index (κ2) is 6.04. The van der Waals surface area contributed by atoms with E-state index in [2.05, 4.69) is 13.8 Å². The van der Waals surface area contributed by atoms with Gasteiger partial charge in [0.15, 0.2) is 0 Å². The fourth-order valence-corrected chi connectivity index (χ4v) is 17.7. The Bertz CT molecular complexity index is 435. The third kappa shape index (κ3) is 2.33. The summed E-state index contributed by atoms with van der Waals surface area (Å²) in [6, 6.07) is 0. The fraction of sp³-hybridized carbons (Fsp3) is 0.950. The van der Waals surface area contributed by atoms with Gasteiger partial charge in [-0.15, -0.1) is 0 Å². The van der Waals surface area contributed by atoms with Crippen LogP contribution in [0.5, 0.6) is 0 Å². The van der Waals surface area contributed by atoms with Gasteiger partial charge in [0.2, 0.25) is 0 Å². The van der Waals surface area contributed by atoms with E-state index >= 15 is 0 Å². The Balaban J connectivity index is 1.53. The van der Waals surface area contributed by atoms with Crippen LogP contribution in [-0.2, 0) is 4.79 Å². The summed E-state index contributed by atoms with van der Waals surface area (Å²) < 4.78 is 3.83. The van der Waals surface area contributed by atoms with Gasteiger partial charge in [-0.25, -0.2) is 0 Å². The molecule has 4 aliphatic rings. The summed E-state index contributed by atoms with van der Waals surface area (Å²) >= 11 is -0.851. The third-order valence-electron chi connectivity index (χ3n) is 8.01. The van der Waals surface area contributed by atoms with Crippen molar-refractivity contribution in [1.29, 1.82) is 0 Å². The molecule has 0 radical (unpaired) electrons. The first kappa shape index (κ1) is 15.9. The number of halogens is 1. The van der Waals surface area contributed by atoms with Gasteiger partial charge in [0.25, 0.3) is 0 Å². The Kier molecular flexibility index (Phi) is 4.37. The fourth-order valence-electron chi connectivity index (χ4n) is 6.55. The van der Waals surface area contributed by atoms with Crippen molar-refractivity contribution in [1.82, 2.24) is 0 Å². The molecule has 4 fully saturated rings. The molecule has 0 N–H and O–H groups in total. The van der Waals surface area contributed by atoms with E-state index in [-0.39, 0.29) is 0 Å². The number of rotatable bonds is 2. The standard InChI is InChI=1S/C20H33IO/c1-3-14-4-6-17-15(12-14)9-11-21-18(17)8-10-20(2)16(13-22)5-7-19(20)21/h13-19H,3-12H2,1-2H3. The predicted octanol–water partition coefficient (Wildman–Crippen LogP) is 5.49. The first-order valence-corrected chi connectivity index (χ1v) is 13.8. The number of hydrogen-bond donors (Lipinski definition) is 0. The molecule has 0 spiro atoms. The van der Waals surface area contributed by atoms with Crippen molar-refractivity contribution in [3.8, 4) is 0 Å². The molecule has 4 rings (SSSR count). The van der Waals surface area contributed by atoms with Crippen LogP contribution in [0.15, 0.2) is 0 Å². The van der Waals surface area contributed by atoms with E-state index in [0.717, 1.165) is 21.7 Å². The molecule has 1 nitrogen and oxygen atoms in total. The van der Waals surface area contributed by atoms with Gasteiger partial charge >= 0.3 is 144 Å². The van der Waals surface area contributed by atoms with E-state index < -0.39 is 19.8 Å². The van der Waals surface area contributed by atoms with Crippen molar-refractivity contribution in [3.05, 3.63) is 0 Å². The van der Waals surface area contributed by atoms with Crippen molar-refractivity contribution < 1.29 is 4.79 Å². The van der Waals surface area contributed by atoms with E-state index in [9.17, 15) is 4.79 Å². The zero-order valence-electron chi connectivity index (χ0n) is 14.4. The molecule has 0 aromatic carbocycles. The molecule has 7 unspecified atom stereocenters. The van der Waals surface area contributed by atoms with Gasteiger partial charge in [0.05, 0.1) is 0 Å². The average molecular weight is 416 g/mol. The van der Waals surface area contributed by atoms with Gasteiger partial charge in [0.1, 0.15) is 0 Å². The van der Waals surface area contributed by atoms with Gasteiger partial charge < -0.3 is 0 Å². The number of carbonyl (C=O) groups excluding carboxylic acids is 1. The van der Waals surface area contributed by atoms with Crippen LogP contribution in [0, 0.1) is 29.1 Å². The van der Waals surface area contributed by atoms with Gasteiger partial charge in [0, 0.05) is 0 Å². The zero-order chi connectivity index (χ0) is 15.3. The summed E-state index contributed by atoms with van der Waals surface area (Å²) in [6.07, 6.45) is 14.5. The molecule has 2 aliphatic carbocycles. The van der Waals surface area contributed by atoms with Crippen LogP contribution in [-0.4, -0.2) is 18.6 Å². The Morgan fingerprint density at radius 2 is 2.00 bits per heavy atom. The molecule has 2 heteroatoms. The third-order valence-corrected chi connectivity index (χ3v) is 17.5. The summed E-state index contributed by atoms with van der Waals surface area (Å²) in [5, 5.41) is 0. The van der Waals surface area contributed by atoms with Gasteiger partial charge in [-0.05, 0) is 0 Å². The maximum atomic E-state index is 11.5. The van der Waals surface area contributed by atoms with Crippen LogP contribution < -0.4 is 0 Å². The average Bonchev–Trinajstić information content (AvgIpc) is 2.90. The molecular formula is C20H33IO. The Hall–Kier alpha value is 0.400. The summed E-state index contributed by atoms with van der Waals surface area (Å²) in [7, 11) is 0. The number of aldehydes is 1. The van der Waals surface area contributed by atoms with Gasteiger partial charge in [-0.1, -0.05) is 0 Å². The molecule has 2 aliphatic heterocycles. The Morgan fingerprint density at radius 1 is 1.14 bits per heavy atom. The molecule has 0 aromatic rings. The molecular weight excluding hydrogens is 383 g/mol. The van der Waals surface area contributed by atoms with E-state index in [1.165, 1.54) is 48.7 Å². The van der Waals surface area contributed by atoms with E-state index in [1.807, 2.05) is 0 Å². The summed E-state index contributed by atoms with van der Waals surface area (Å²) in [6.45, 7) is 4.90. The van der Waals surface area contributed by atoms with E-state index in [4.69, 9.17) is 0 Å². The normalized spacial score (nSPS) is 52.5. The van der Waals surface area contributed by atoms with Crippen LogP contribution in [0.3, 0.4) is 0 Å². The predicted molar refractivity (Wildman–Crippen MR) is 102 cm³/mol. The Labute approximate surface area is 143 Å². The van der Waals surface area contributed by atoms with Crippen molar-refractivity contribution in [2.75, 3.05) is 4.43 Å². The second-order valence-corrected chi connectivity index (χ2v) is 15.4. The summed E-state index contributed by atoms with van der Waals surface area (Å²) in [5.74, 6) is 3.65. The molecule has 0 bridgehead atoms. The Morgan fingerprint density at radius 3 is 2.77 bits per heavy atom. The minimum absolute atomic E-state index is 0.407. The van der Waals surface area contributed by atoms with Crippen LogP contribution in [0.4, 0.5) is 0 Å². The molecule has 0 aromatic heterocycles. The van der Waals surface area contributed by atoms with Crippen molar-refractivity contribution in [2.24, 2.45) is 29.1 Å². The molecule has 0 amide bonds. The number of hydrogen-bond acceptors (Lipinski definition) is 1. The number of carbonyl (C=O) groups is 1. The van der Waals surface area contributed by atoms with Gasteiger partial charge in [-0.2, -0.15) is 0 Å². The van der Waals surface area contributed by atoms with Crippen LogP contribution in [0.2, 0.25) is 0 Å². The van der Waals surface area contributed by atoms with E-state index in [1.54, 1.807) is 23.7 Å². The second-order valence-electron chi connectivity index (χ2n) is 8.77. The molecule has 2 saturated heterocycles. The molecule has 22 heavy (non-hydrogen) atoms. The molecule has 126 valence electrons. The topological polar surface area (TPSA) is 17.1 Å². The summed E-state index contributed by atoms with van der Waals surface area (Å²) in [5.41, 5.74) is 0.427. The van der Waals surface area contributed by atoms with Crippen molar-refractivity contribution >= 4 is 26.1 Å². The van der Waals surface area contributed by atoms with Crippen molar-refractivity contribution in [2.45, 2.75) is 79.5 Å². The quantitative estimate of drug-likeness (QED) is 0.331. The number of alkyl halides is 3. The minimum atomic E-state index is -0.851. The van der Waals surface area contributed by atoms with Crippen LogP contribution in [0.25, 0.3) is 0 Å². The van der Waals surface area contributed by atoms with Crippen LogP contribution >= 0.6 is 19.8 Å². The SMILES string of the molecule is CCC1CCC2C(CCI3C2CCC2(C)C(C=O)CCC32)C1. The summed E-state index contributed by atoms with van der Waals surface area (Å²) in [4.78, 5) is 11.5. The molecule has 2 heterocycles. The first-order chi connectivity index (χ1) is 10.7. The monoisotopic (exact) mass is 416 g/mol. The maximum absolute atomic E-state index is 11.5. The molecule has 7 atom stereocenters.